The van der Waals surface area contributed by atoms with Crippen molar-refractivity contribution in [2.45, 2.75) is 45.1 Å². The van der Waals surface area contributed by atoms with E-state index < -0.39 is 0 Å². The van der Waals surface area contributed by atoms with Gasteiger partial charge in [-0.15, -0.1) is 0 Å². The van der Waals surface area contributed by atoms with E-state index in [-0.39, 0.29) is 5.91 Å². The summed E-state index contributed by atoms with van der Waals surface area (Å²) in [6.07, 6.45) is 6.48. The van der Waals surface area contributed by atoms with Gasteiger partial charge in [-0.2, -0.15) is 0 Å². The van der Waals surface area contributed by atoms with Gasteiger partial charge < -0.3 is 10.6 Å². The van der Waals surface area contributed by atoms with Crippen LogP contribution in [0.25, 0.3) is 0 Å². The van der Waals surface area contributed by atoms with Crippen molar-refractivity contribution < 1.29 is 4.79 Å². The minimum atomic E-state index is -0.0225. The highest BCUT2D eigenvalue weighted by Crippen LogP contribution is 2.17. The van der Waals surface area contributed by atoms with Crippen molar-refractivity contribution in [3.63, 3.8) is 0 Å². The third-order valence-electron chi connectivity index (χ3n) is 3.48. The summed E-state index contributed by atoms with van der Waals surface area (Å²) in [6, 6.07) is 8.84. The van der Waals surface area contributed by atoms with Gasteiger partial charge in [-0.1, -0.05) is 25.0 Å². The molecule has 1 aliphatic rings. The van der Waals surface area contributed by atoms with Crippen LogP contribution in [-0.4, -0.2) is 18.5 Å². The molecule has 1 fully saturated rings. The quantitative estimate of drug-likeness (QED) is 0.838. The van der Waals surface area contributed by atoms with Crippen molar-refractivity contribution in [3.8, 4) is 0 Å². The van der Waals surface area contributed by atoms with Crippen LogP contribution in [0.15, 0.2) is 24.3 Å². The third-order valence-corrected chi connectivity index (χ3v) is 3.48. The topological polar surface area (TPSA) is 41.1 Å². The number of amides is 1. The second-order valence-electron chi connectivity index (χ2n) is 5.06. The van der Waals surface area contributed by atoms with Crippen molar-refractivity contribution in [3.05, 3.63) is 29.8 Å². The van der Waals surface area contributed by atoms with Crippen LogP contribution in [0, 0.1) is 0 Å². The summed E-state index contributed by atoms with van der Waals surface area (Å²) in [5, 5.41) is 6.39. The van der Waals surface area contributed by atoms with Gasteiger partial charge in [-0.3, -0.25) is 4.79 Å². The van der Waals surface area contributed by atoms with Gasteiger partial charge in [0.1, 0.15) is 0 Å². The van der Waals surface area contributed by atoms with E-state index in [1.165, 1.54) is 38.2 Å². The Morgan fingerprint density at radius 1 is 1.22 bits per heavy atom. The molecule has 0 saturated heterocycles. The molecule has 1 aromatic rings. The maximum absolute atomic E-state index is 10.9. The van der Waals surface area contributed by atoms with E-state index >= 15 is 0 Å². The van der Waals surface area contributed by atoms with Gasteiger partial charge in [0.2, 0.25) is 5.91 Å². The van der Waals surface area contributed by atoms with Gasteiger partial charge in [0.05, 0.1) is 0 Å². The average molecular weight is 246 g/mol. The second kappa shape index (κ2) is 6.55. The van der Waals surface area contributed by atoms with Crippen LogP contribution >= 0.6 is 0 Å². The first-order valence-corrected chi connectivity index (χ1v) is 6.84. The van der Waals surface area contributed by atoms with Gasteiger partial charge in [0.25, 0.3) is 0 Å². The van der Waals surface area contributed by atoms with E-state index in [1.54, 1.807) is 0 Å². The number of hydrogen-bond acceptors (Lipinski definition) is 2. The Hall–Kier alpha value is -1.35. The molecule has 1 amide bonds. The zero-order chi connectivity index (χ0) is 12.8. The number of carbonyl (C=O) groups is 1. The van der Waals surface area contributed by atoms with Crippen molar-refractivity contribution in [2.75, 3.05) is 11.9 Å². The molecule has 0 heterocycles. The van der Waals surface area contributed by atoms with E-state index in [2.05, 4.69) is 22.8 Å². The average Bonchev–Trinajstić information content (AvgIpc) is 2.84. The minimum Gasteiger partial charge on any atom is -0.326 e. The van der Waals surface area contributed by atoms with E-state index in [0.29, 0.717) is 0 Å². The highest BCUT2D eigenvalue weighted by Gasteiger charge is 2.13. The summed E-state index contributed by atoms with van der Waals surface area (Å²) in [5.74, 6) is -0.0225. The number of anilines is 1. The van der Waals surface area contributed by atoms with Crippen molar-refractivity contribution in [2.24, 2.45) is 0 Å². The maximum Gasteiger partial charge on any atom is 0.221 e. The molecule has 3 nitrogen and oxygen atoms in total. The predicted molar refractivity (Wildman–Crippen MR) is 74.7 cm³/mol. The Labute approximate surface area is 109 Å². The van der Waals surface area contributed by atoms with Gasteiger partial charge in [-0.25, -0.2) is 0 Å². The standard InChI is InChI=1S/C15H22N2O/c1-12(18)17-15-8-6-13(7-9-15)10-11-16-14-4-2-3-5-14/h6-9,14,16H,2-5,10-11H2,1H3,(H,17,18). The van der Waals surface area contributed by atoms with Crippen LogP contribution in [0.4, 0.5) is 5.69 Å². The van der Waals surface area contributed by atoms with Crippen molar-refractivity contribution >= 4 is 11.6 Å². The molecule has 1 aromatic carbocycles. The smallest absolute Gasteiger partial charge is 0.221 e. The van der Waals surface area contributed by atoms with E-state index in [1.807, 2.05) is 12.1 Å². The van der Waals surface area contributed by atoms with Crippen LogP contribution in [-0.2, 0) is 11.2 Å². The van der Waals surface area contributed by atoms with Crippen LogP contribution in [0.1, 0.15) is 38.2 Å². The third kappa shape index (κ3) is 4.15. The molecule has 0 aromatic heterocycles. The molecule has 3 heteroatoms. The Bertz CT molecular complexity index is 380. The van der Waals surface area contributed by atoms with Crippen LogP contribution in [0.3, 0.4) is 0 Å². The highest BCUT2D eigenvalue weighted by molar-refractivity contribution is 5.88. The summed E-state index contributed by atoms with van der Waals surface area (Å²) in [6.45, 7) is 2.57. The fourth-order valence-electron chi connectivity index (χ4n) is 2.51. The Balaban J connectivity index is 1.73. The van der Waals surface area contributed by atoms with Gasteiger partial charge in [0, 0.05) is 18.7 Å². The monoisotopic (exact) mass is 246 g/mol. The van der Waals surface area contributed by atoms with E-state index in [4.69, 9.17) is 0 Å². The Kier molecular flexibility index (Phi) is 4.76. The molecule has 2 rings (SSSR count). The first kappa shape index (κ1) is 13.1. The first-order valence-electron chi connectivity index (χ1n) is 6.84. The van der Waals surface area contributed by atoms with Gasteiger partial charge in [-0.05, 0) is 43.5 Å². The maximum atomic E-state index is 10.9. The van der Waals surface area contributed by atoms with Gasteiger partial charge in [0.15, 0.2) is 0 Å². The number of benzene rings is 1. The molecular formula is C15H22N2O. The Morgan fingerprint density at radius 2 is 1.89 bits per heavy atom. The van der Waals surface area contributed by atoms with Crippen LogP contribution in [0.2, 0.25) is 0 Å². The molecule has 2 N–H and O–H groups in total. The molecule has 1 saturated carbocycles. The molecule has 0 unspecified atom stereocenters. The molecule has 0 radical (unpaired) electrons. The molecule has 1 aliphatic carbocycles. The fraction of sp³-hybridized carbons (Fsp3) is 0.533. The largest absolute Gasteiger partial charge is 0.326 e. The normalized spacial score (nSPS) is 15.8. The first-order chi connectivity index (χ1) is 8.74. The lowest BCUT2D eigenvalue weighted by molar-refractivity contribution is -0.114. The highest BCUT2D eigenvalue weighted by atomic mass is 16.1. The molecule has 0 bridgehead atoms. The predicted octanol–water partition coefficient (Wildman–Crippen LogP) is 2.72. The lowest BCUT2D eigenvalue weighted by Crippen LogP contribution is -2.27. The number of carbonyl (C=O) groups excluding carboxylic acids is 1. The summed E-state index contributed by atoms with van der Waals surface area (Å²) >= 11 is 0. The van der Waals surface area contributed by atoms with Crippen molar-refractivity contribution in [1.29, 1.82) is 0 Å². The minimum absolute atomic E-state index is 0.0225. The molecule has 0 atom stereocenters. The summed E-state index contributed by atoms with van der Waals surface area (Å²) in [5.41, 5.74) is 2.18. The number of nitrogens with one attached hydrogen (secondary N) is 2. The fourth-order valence-corrected chi connectivity index (χ4v) is 2.51. The van der Waals surface area contributed by atoms with E-state index in [0.717, 1.165) is 24.7 Å². The zero-order valence-electron chi connectivity index (χ0n) is 11.0. The lowest BCUT2D eigenvalue weighted by atomic mass is 10.1. The molecule has 0 aliphatic heterocycles. The molecular weight excluding hydrogens is 224 g/mol. The van der Waals surface area contributed by atoms with Gasteiger partial charge >= 0.3 is 0 Å². The SMILES string of the molecule is CC(=O)Nc1ccc(CCNC2CCCC2)cc1. The van der Waals surface area contributed by atoms with Crippen LogP contribution in [0.5, 0.6) is 0 Å². The Morgan fingerprint density at radius 3 is 2.50 bits per heavy atom. The van der Waals surface area contributed by atoms with Crippen molar-refractivity contribution in [1.82, 2.24) is 5.32 Å². The molecule has 18 heavy (non-hydrogen) atoms. The van der Waals surface area contributed by atoms with Crippen LogP contribution < -0.4 is 10.6 Å². The second-order valence-corrected chi connectivity index (χ2v) is 5.06. The molecule has 98 valence electrons. The van der Waals surface area contributed by atoms with E-state index in [9.17, 15) is 4.79 Å². The summed E-state index contributed by atoms with van der Waals surface area (Å²) < 4.78 is 0. The number of hydrogen-bond donors (Lipinski definition) is 2. The summed E-state index contributed by atoms with van der Waals surface area (Å²) in [7, 11) is 0. The lowest BCUT2D eigenvalue weighted by Gasteiger charge is -2.11. The number of rotatable bonds is 5. The zero-order valence-corrected chi connectivity index (χ0v) is 11.0. The summed E-state index contributed by atoms with van der Waals surface area (Å²) in [4.78, 5) is 10.9. The molecule has 0 spiro atoms.